The summed E-state index contributed by atoms with van der Waals surface area (Å²) in [5.74, 6) is 2.25. The molecule has 0 spiro atoms. The molecule has 0 aliphatic carbocycles. The molecule has 0 aromatic heterocycles. The van der Waals surface area contributed by atoms with Crippen molar-refractivity contribution in [2.24, 2.45) is 5.92 Å². The van der Waals surface area contributed by atoms with E-state index >= 15 is 0 Å². The van der Waals surface area contributed by atoms with E-state index in [1.807, 2.05) is 0 Å². The van der Waals surface area contributed by atoms with Crippen LogP contribution in [0.4, 0.5) is 0 Å². The van der Waals surface area contributed by atoms with Crippen molar-refractivity contribution in [3.05, 3.63) is 0 Å². The van der Waals surface area contributed by atoms with E-state index in [9.17, 15) is 0 Å². The van der Waals surface area contributed by atoms with Crippen molar-refractivity contribution in [2.45, 2.75) is 37.5 Å². The predicted octanol–water partition coefficient (Wildman–Crippen LogP) is 1.47. The molecule has 0 amide bonds. The molecule has 2 rings (SSSR count). The predicted molar refractivity (Wildman–Crippen MR) is 63.9 cm³/mol. The number of rotatable bonds is 3. The number of nitrogens with one attached hydrogen (secondary N) is 2. The molecule has 0 saturated carbocycles. The minimum absolute atomic E-state index is 0.796. The topological polar surface area (TPSA) is 24.1 Å². The Kier molecular flexibility index (Phi) is 4.14. The molecule has 2 aliphatic rings. The highest BCUT2D eigenvalue weighted by Crippen LogP contribution is 2.26. The Morgan fingerprint density at radius 2 is 2.14 bits per heavy atom. The molecular formula is C11H22N2S. The van der Waals surface area contributed by atoms with Gasteiger partial charge in [0.15, 0.2) is 0 Å². The molecule has 2 saturated heterocycles. The molecule has 0 aromatic rings. The van der Waals surface area contributed by atoms with Crippen LogP contribution in [0.3, 0.4) is 0 Å². The third kappa shape index (κ3) is 3.14. The van der Waals surface area contributed by atoms with Gasteiger partial charge < -0.3 is 10.6 Å². The Balaban J connectivity index is 1.61. The van der Waals surface area contributed by atoms with Gasteiger partial charge in [-0.25, -0.2) is 0 Å². The van der Waals surface area contributed by atoms with Gasteiger partial charge in [-0.1, -0.05) is 6.92 Å². The van der Waals surface area contributed by atoms with E-state index in [1.54, 1.807) is 0 Å². The third-order valence-corrected chi connectivity index (χ3v) is 4.71. The van der Waals surface area contributed by atoms with Crippen LogP contribution < -0.4 is 10.6 Å². The van der Waals surface area contributed by atoms with Crippen molar-refractivity contribution in [2.75, 3.05) is 25.4 Å². The SMILES string of the molecule is CC1CC(NCC2CCNCC2)CS1. The van der Waals surface area contributed by atoms with Crippen LogP contribution in [0.1, 0.15) is 26.2 Å². The first-order chi connectivity index (χ1) is 6.84. The van der Waals surface area contributed by atoms with Gasteiger partial charge in [-0.15, -0.1) is 0 Å². The van der Waals surface area contributed by atoms with E-state index in [1.165, 1.54) is 44.6 Å². The van der Waals surface area contributed by atoms with E-state index in [2.05, 4.69) is 29.3 Å². The van der Waals surface area contributed by atoms with E-state index in [0.717, 1.165) is 17.2 Å². The van der Waals surface area contributed by atoms with Crippen molar-refractivity contribution >= 4 is 11.8 Å². The molecule has 14 heavy (non-hydrogen) atoms. The van der Waals surface area contributed by atoms with E-state index in [0.29, 0.717) is 0 Å². The second-order valence-electron chi connectivity index (χ2n) is 4.68. The zero-order valence-electron chi connectivity index (χ0n) is 9.09. The minimum Gasteiger partial charge on any atom is -0.317 e. The summed E-state index contributed by atoms with van der Waals surface area (Å²) in [6.07, 6.45) is 4.10. The van der Waals surface area contributed by atoms with Gasteiger partial charge in [-0.3, -0.25) is 0 Å². The van der Waals surface area contributed by atoms with Gasteiger partial charge in [0.05, 0.1) is 0 Å². The lowest BCUT2D eigenvalue weighted by atomic mass is 9.98. The lowest BCUT2D eigenvalue weighted by Gasteiger charge is -2.24. The normalized spacial score (nSPS) is 34.9. The van der Waals surface area contributed by atoms with Gasteiger partial charge in [0, 0.05) is 17.0 Å². The standard InChI is InChI=1S/C11H22N2S/c1-9-6-11(8-14-9)13-7-10-2-4-12-5-3-10/h9-13H,2-8H2,1H3. The molecule has 2 unspecified atom stereocenters. The summed E-state index contributed by atoms with van der Waals surface area (Å²) in [5, 5.41) is 8.03. The summed E-state index contributed by atoms with van der Waals surface area (Å²) in [7, 11) is 0. The van der Waals surface area contributed by atoms with Gasteiger partial charge in [0.2, 0.25) is 0 Å². The minimum atomic E-state index is 0.796. The van der Waals surface area contributed by atoms with E-state index in [4.69, 9.17) is 0 Å². The maximum absolute atomic E-state index is 3.73. The summed E-state index contributed by atoms with van der Waals surface area (Å²) < 4.78 is 0. The zero-order chi connectivity index (χ0) is 9.80. The lowest BCUT2D eigenvalue weighted by molar-refractivity contribution is 0.343. The highest BCUT2D eigenvalue weighted by molar-refractivity contribution is 8.00. The molecular weight excluding hydrogens is 192 g/mol. The monoisotopic (exact) mass is 214 g/mol. The van der Waals surface area contributed by atoms with Gasteiger partial charge in [-0.05, 0) is 44.8 Å². The largest absolute Gasteiger partial charge is 0.317 e. The van der Waals surface area contributed by atoms with Crippen molar-refractivity contribution < 1.29 is 0 Å². The van der Waals surface area contributed by atoms with Crippen LogP contribution in [0.5, 0.6) is 0 Å². The second kappa shape index (κ2) is 5.38. The van der Waals surface area contributed by atoms with Crippen LogP contribution in [0.25, 0.3) is 0 Å². The molecule has 82 valence electrons. The van der Waals surface area contributed by atoms with Gasteiger partial charge in [0.25, 0.3) is 0 Å². The van der Waals surface area contributed by atoms with Gasteiger partial charge in [-0.2, -0.15) is 11.8 Å². The first kappa shape index (κ1) is 10.8. The quantitative estimate of drug-likeness (QED) is 0.744. The molecule has 2 fully saturated rings. The third-order valence-electron chi connectivity index (χ3n) is 3.35. The Morgan fingerprint density at radius 1 is 1.36 bits per heavy atom. The lowest BCUT2D eigenvalue weighted by Crippen LogP contribution is -2.38. The van der Waals surface area contributed by atoms with Crippen LogP contribution in [0.2, 0.25) is 0 Å². The van der Waals surface area contributed by atoms with E-state index < -0.39 is 0 Å². The molecule has 2 atom stereocenters. The first-order valence-corrected chi connectivity index (χ1v) is 6.95. The Labute approximate surface area is 91.6 Å². The molecule has 2 nitrogen and oxygen atoms in total. The molecule has 2 aliphatic heterocycles. The Hall–Kier alpha value is 0.270. The summed E-state index contributed by atoms with van der Waals surface area (Å²) in [4.78, 5) is 0. The summed E-state index contributed by atoms with van der Waals surface area (Å²) >= 11 is 2.12. The first-order valence-electron chi connectivity index (χ1n) is 5.90. The fraction of sp³-hybridized carbons (Fsp3) is 1.00. The second-order valence-corrected chi connectivity index (χ2v) is 6.15. The number of hydrogen-bond donors (Lipinski definition) is 2. The highest BCUT2D eigenvalue weighted by atomic mass is 32.2. The van der Waals surface area contributed by atoms with E-state index in [-0.39, 0.29) is 0 Å². The fourth-order valence-electron chi connectivity index (χ4n) is 2.38. The number of piperidine rings is 1. The van der Waals surface area contributed by atoms with Crippen molar-refractivity contribution in [1.29, 1.82) is 0 Å². The van der Waals surface area contributed by atoms with Crippen LogP contribution in [0.15, 0.2) is 0 Å². The van der Waals surface area contributed by atoms with Crippen LogP contribution >= 0.6 is 11.8 Å². The summed E-state index contributed by atoms with van der Waals surface area (Å²) in [5.41, 5.74) is 0. The average Bonchev–Trinajstić information content (AvgIpc) is 2.63. The molecule has 0 aromatic carbocycles. The maximum Gasteiger partial charge on any atom is 0.0168 e. The van der Waals surface area contributed by atoms with Crippen LogP contribution in [0, 0.1) is 5.92 Å². The molecule has 0 radical (unpaired) electrons. The smallest absolute Gasteiger partial charge is 0.0168 e. The average molecular weight is 214 g/mol. The van der Waals surface area contributed by atoms with Gasteiger partial charge >= 0.3 is 0 Å². The number of hydrogen-bond acceptors (Lipinski definition) is 3. The van der Waals surface area contributed by atoms with Gasteiger partial charge in [0.1, 0.15) is 0 Å². The number of thioether (sulfide) groups is 1. The summed E-state index contributed by atoms with van der Waals surface area (Å²) in [6, 6.07) is 0.796. The van der Waals surface area contributed by atoms with Crippen molar-refractivity contribution in [3.63, 3.8) is 0 Å². The summed E-state index contributed by atoms with van der Waals surface area (Å²) in [6.45, 7) is 6.04. The van der Waals surface area contributed by atoms with Crippen LogP contribution in [-0.2, 0) is 0 Å². The zero-order valence-corrected chi connectivity index (χ0v) is 9.91. The molecule has 0 bridgehead atoms. The molecule has 3 heteroatoms. The highest BCUT2D eigenvalue weighted by Gasteiger charge is 2.22. The maximum atomic E-state index is 3.73. The Bertz CT molecular complexity index is 164. The van der Waals surface area contributed by atoms with Crippen molar-refractivity contribution in [1.82, 2.24) is 10.6 Å². The Morgan fingerprint density at radius 3 is 2.79 bits per heavy atom. The van der Waals surface area contributed by atoms with Crippen LogP contribution in [-0.4, -0.2) is 36.7 Å². The molecule has 2 heterocycles. The molecule has 2 N–H and O–H groups in total. The fourth-order valence-corrected chi connectivity index (χ4v) is 3.56. The van der Waals surface area contributed by atoms with Crippen molar-refractivity contribution in [3.8, 4) is 0 Å².